The third-order valence-corrected chi connectivity index (χ3v) is 4.22. The van der Waals surface area contributed by atoms with Gasteiger partial charge >= 0.3 is 0 Å². The molecule has 0 aliphatic carbocycles. The fraction of sp³-hybridized carbons (Fsp3) is 0.556. The zero-order chi connectivity index (χ0) is 11.5. The fourth-order valence-corrected chi connectivity index (χ4v) is 3.32. The van der Waals surface area contributed by atoms with E-state index in [9.17, 15) is 4.21 Å². The number of halogens is 1. The van der Waals surface area contributed by atoms with Gasteiger partial charge in [0, 0.05) is 34.4 Å². The van der Waals surface area contributed by atoms with Crippen molar-refractivity contribution in [3.05, 3.63) is 10.7 Å². The first-order valence-electron chi connectivity index (χ1n) is 5.05. The molecule has 1 fully saturated rings. The molecule has 7 heteroatoms. The SMILES string of the molecule is Nc1cc(Br)nc(NC2CCS(=O)CC2)n1. The van der Waals surface area contributed by atoms with E-state index in [-0.39, 0.29) is 0 Å². The molecule has 0 saturated carbocycles. The van der Waals surface area contributed by atoms with Crippen LogP contribution in [0.4, 0.5) is 11.8 Å². The highest BCUT2D eigenvalue weighted by Gasteiger charge is 2.18. The maximum Gasteiger partial charge on any atom is 0.225 e. The van der Waals surface area contributed by atoms with Crippen LogP contribution in [0.5, 0.6) is 0 Å². The molecule has 1 aliphatic heterocycles. The van der Waals surface area contributed by atoms with E-state index in [1.54, 1.807) is 6.07 Å². The lowest BCUT2D eigenvalue weighted by Gasteiger charge is -2.22. The Balaban J connectivity index is 2.00. The number of nitrogens with one attached hydrogen (secondary N) is 1. The first-order valence-corrected chi connectivity index (χ1v) is 7.33. The summed E-state index contributed by atoms with van der Waals surface area (Å²) in [6.07, 6.45) is 1.78. The Bertz CT molecular complexity index is 384. The zero-order valence-corrected chi connectivity index (χ0v) is 11.1. The first kappa shape index (κ1) is 11.8. The lowest BCUT2D eigenvalue weighted by Crippen LogP contribution is -2.30. The maximum absolute atomic E-state index is 11.2. The lowest BCUT2D eigenvalue weighted by molar-refractivity contribution is 0.620. The van der Waals surface area contributed by atoms with Crippen molar-refractivity contribution in [3.8, 4) is 0 Å². The maximum atomic E-state index is 11.2. The fourth-order valence-electron chi connectivity index (χ4n) is 1.62. The minimum atomic E-state index is -0.642. The highest BCUT2D eigenvalue weighted by Crippen LogP contribution is 2.16. The molecular formula is C9H13BrN4OS. The van der Waals surface area contributed by atoms with E-state index >= 15 is 0 Å². The summed E-state index contributed by atoms with van der Waals surface area (Å²) in [5.41, 5.74) is 5.62. The van der Waals surface area contributed by atoms with Crippen LogP contribution in [0.25, 0.3) is 0 Å². The number of hydrogen-bond donors (Lipinski definition) is 2. The molecule has 0 amide bonds. The van der Waals surface area contributed by atoms with Crippen molar-refractivity contribution in [2.24, 2.45) is 0 Å². The van der Waals surface area contributed by atoms with Crippen molar-refractivity contribution >= 4 is 38.5 Å². The van der Waals surface area contributed by atoms with E-state index in [2.05, 4.69) is 31.2 Å². The molecule has 0 atom stereocenters. The number of nitrogens with two attached hydrogens (primary N) is 1. The highest BCUT2D eigenvalue weighted by atomic mass is 79.9. The van der Waals surface area contributed by atoms with Crippen molar-refractivity contribution in [1.29, 1.82) is 0 Å². The van der Waals surface area contributed by atoms with Crippen LogP contribution in [-0.2, 0) is 10.8 Å². The monoisotopic (exact) mass is 304 g/mol. The second-order valence-electron chi connectivity index (χ2n) is 3.71. The third kappa shape index (κ3) is 3.15. The lowest BCUT2D eigenvalue weighted by atomic mass is 10.2. The topological polar surface area (TPSA) is 80.9 Å². The van der Waals surface area contributed by atoms with E-state index in [4.69, 9.17) is 5.73 Å². The minimum Gasteiger partial charge on any atom is -0.383 e. The average molecular weight is 305 g/mol. The van der Waals surface area contributed by atoms with Gasteiger partial charge in [0.25, 0.3) is 0 Å². The number of anilines is 2. The van der Waals surface area contributed by atoms with Crippen LogP contribution in [0.1, 0.15) is 12.8 Å². The van der Waals surface area contributed by atoms with Crippen molar-refractivity contribution in [1.82, 2.24) is 9.97 Å². The van der Waals surface area contributed by atoms with Crippen molar-refractivity contribution in [2.45, 2.75) is 18.9 Å². The minimum absolute atomic E-state index is 0.298. The van der Waals surface area contributed by atoms with Crippen molar-refractivity contribution in [2.75, 3.05) is 22.6 Å². The van der Waals surface area contributed by atoms with Crippen LogP contribution in [0.3, 0.4) is 0 Å². The summed E-state index contributed by atoms with van der Waals surface area (Å²) in [4.78, 5) is 8.28. The van der Waals surface area contributed by atoms with Gasteiger partial charge in [0.05, 0.1) is 0 Å². The standard InChI is InChI=1S/C9H13BrN4OS/c10-7-5-8(11)14-9(13-7)12-6-1-3-16(15)4-2-6/h5-6H,1-4H2,(H3,11,12,13,14). The third-order valence-electron chi connectivity index (χ3n) is 2.44. The van der Waals surface area contributed by atoms with Crippen LogP contribution < -0.4 is 11.1 Å². The number of hydrogen-bond acceptors (Lipinski definition) is 5. The van der Waals surface area contributed by atoms with Gasteiger partial charge in [0.1, 0.15) is 10.4 Å². The van der Waals surface area contributed by atoms with Gasteiger partial charge in [-0.05, 0) is 28.8 Å². The molecule has 0 aromatic carbocycles. The van der Waals surface area contributed by atoms with Gasteiger partial charge in [0.15, 0.2) is 0 Å². The van der Waals surface area contributed by atoms with Crippen LogP contribution in [0.15, 0.2) is 10.7 Å². The largest absolute Gasteiger partial charge is 0.383 e. The van der Waals surface area contributed by atoms with Gasteiger partial charge in [-0.1, -0.05) is 0 Å². The summed E-state index contributed by atoms with van der Waals surface area (Å²) in [5.74, 6) is 2.47. The van der Waals surface area contributed by atoms with Gasteiger partial charge in [0.2, 0.25) is 5.95 Å². The number of nitrogens with zero attached hydrogens (tertiary/aromatic N) is 2. The van der Waals surface area contributed by atoms with Gasteiger partial charge in [-0.15, -0.1) is 0 Å². The Morgan fingerprint density at radius 2 is 2.12 bits per heavy atom. The highest BCUT2D eigenvalue weighted by molar-refractivity contribution is 9.10. The Kier molecular flexibility index (Phi) is 3.75. The van der Waals surface area contributed by atoms with Crippen LogP contribution >= 0.6 is 15.9 Å². The predicted octanol–water partition coefficient (Wildman–Crippen LogP) is 1.14. The summed E-state index contributed by atoms with van der Waals surface area (Å²) in [7, 11) is -0.642. The van der Waals surface area contributed by atoms with E-state index in [1.807, 2.05) is 0 Å². The van der Waals surface area contributed by atoms with E-state index in [0.717, 1.165) is 24.3 Å². The molecule has 0 radical (unpaired) electrons. The second-order valence-corrected chi connectivity index (χ2v) is 6.21. The van der Waals surface area contributed by atoms with Crippen molar-refractivity contribution < 1.29 is 4.21 Å². The molecule has 0 unspecified atom stereocenters. The predicted molar refractivity (Wildman–Crippen MR) is 68.7 cm³/mol. The van der Waals surface area contributed by atoms with Gasteiger partial charge in [-0.25, -0.2) is 4.98 Å². The molecule has 2 rings (SSSR count). The molecule has 3 N–H and O–H groups in total. The molecular weight excluding hydrogens is 292 g/mol. The average Bonchev–Trinajstić information content (AvgIpc) is 2.20. The van der Waals surface area contributed by atoms with Gasteiger partial charge in [-0.2, -0.15) is 4.98 Å². The first-order chi connectivity index (χ1) is 7.63. The summed E-state index contributed by atoms with van der Waals surface area (Å²) >= 11 is 3.27. The molecule has 16 heavy (non-hydrogen) atoms. The summed E-state index contributed by atoms with van der Waals surface area (Å²) in [5, 5.41) is 3.22. The Morgan fingerprint density at radius 3 is 2.75 bits per heavy atom. The second kappa shape index (κ2) is 5.09. The Labute approximate surface area is 105 Å². The molecule has 1 aromatic heterocycles. The van der Waals surface area contributed by atoms with Crippen LogP contribution in [0.2, 0.25) is 0 Å². The summed E-state index contributed by atoms with van der Waals surface area (Å²) in [6, 6.07) is 1.95. The van der Waals surface area contributed by atoms with Gasteiger partial charge < -0.3 is 11.1 Å². The Morgan fingerprint density at radius 1 is 1.44 bits per heavy atom. The van der Waals surface area contributed by atoms with E-state index in [0.29, 0.717) is 22.4 Å². The zero-order valence-electron chi connectivity index (χ0n) is 8.65. The number of aromatic nitrogens is 2. The molecule has 2 heterocycles. The molecule has 0 spiro atoms. The normalized spacial score (nSPS) is 25.3. The molecule has 88 valence electrons. The molecule has 1 aromatic rings. The molecule has 1 saturated heterocycles. The number of nitrogen functional groups attached to an aromatic ring is 1. The number of rotatable bonds is 2. The van der Waals surface area contributed by atoms with Gasteiger partial charge in [-0.3, -0.25) is 4.21 Å². The quantitative estimate of drug-likeness (QED) is 0.801. The van der Waals surface area contributed by atoms with E-state index < -0.39 is 10.8 Å². The molecule has 5 nitrogen and oxygen atoms in total. The smallest absolute Gasteiger partial charge is 0.225 e. The summed E-state index contributed by atoms with van der Waals surface area (Å²) in [6.45, 7) is 0. The summed E-state index contributed by atoms with van der Waals surface area (Å²) < 4.78 is 11.9. The molecule has 0 bridgehead atoms. The van der Waals surface area contributed by atoms with Crippen LogP contribution in [0, 0.1) is 0 Å². The Hall–Kier alpha value is -0.690. The van der Waals surface area contributed by atoms with Crippen molar-refractivity contribution in [3.63, 3.8) is 0 Å². The van der Waals surface area contributed by atoms with E-state index in [1.165, 1.54) is 0 Å². The van der Waals surface area contributed by atoms with Crippen LogP contribution in [-0.4, -0.2) is 31.7 Å². The molecule has 1 aliphatic rings.